The van der Waals surface area contributed by atoms with Gasteiger partial charge in [0.2, 0.25) is 10.0 Å². The summed E-state index contributed by atoms with van der Waals surface area (Å²) in [6, 6.07) is 3.32. The molecule has 2 aromatic rings. The molecule has 4 N–H and O–H groups in total. The minimum atomic E-state index is -3.81. The number of benzene rings is 1. The number of nitro benzene ring substituents is 1. The third-order valence-corrected chi connectivity index (χ3v) is 4.59. The summed E-state index contributed by atoms with van der Waals surface area (Å²) in [5.74, 6) is 5.17. The Morgan fingerprint density at radius 3 is 2.76 bits per heavy atom. The molecule has 0 fully saturated rings. The Morgan fingerprint density at radius 1 is 1.43 bits per heavy atom. The third kappa shape index (κ3) is 3.52. The van der Waals surface area contributed by atoms with Crippen molar-refractivity contribution < 1.29 is 13.3 Å². The van der Waals surface area contributed by atoms with Crippen LogP contribution >= 0.6 is 11.3 Å². The molecule has 1 aromatic carbocycles. The van der Waals surface area contributed by atoms with Crippen LogP contribution in [0.4, 0.5) is 11.4 Å². The van der Waals surface area contributed by atoms with E-state index >= 15 is 0 Å². The molecular formula is C10H11N5O4S2. The van der Waals surface area contributed by atoms with Gasteiger partial charge in [-0.1, -0.05) is 0 Å². The van der Waals surface area contributed by atoms with Crippen LogP contribution in [0.2, 0.25) is 0 Å². The fourth-order valence-corrected chi connectivity index (χ4v) is 3.12. The van der Waals surface area contributed by atoms with Crippen LogP contribution in [0.5, 0.6) is 0 Å². The number of rotatable bonds is 6. The molecule has 0 aliphatic heterocycles. The Kier molecular flexibility index (Phi) is 4.47. The van der Waals surface area contributed by atoms with Crippen molar-refractivity contribution in [1.82, 2.24) is 9.71 Å². The van der Waals surface area contributed by atoms with Crippen molar-refractivity contribution in [2.24, 2.45) is 5.84 Å². The lowest BCUT2D eigenvalue weighted by atomic mass is 10.3. The van der Waals surface area contributed by atoms with Crippen LogP contribution < -0.4 is 16.0 Å². The van der Waals surface area contributed by atoms with Crippen LogP contribution in [-0.2, 0) is 16.6 Å². The highest BCUT2D eigenvalue weighted by Gasteiger charge is 2.20. The predicted octanol–water partition coefficient (Wildman–Crippen LogP) is 0.815. The van der Waals surface area contributed by atoms with E-state index in [9.17, 15) is 18.5 Å². The molecule has 0 radical (unpaired) electrons. The second kappa shape index (κ2) is 6.13. The molecule has 0 atom stereocenters. The second-order valence-corrected chi connectivity index (χ2v) is 6.37. The van der Waals surface area contributed by atoms with Crippen molar-refractivity contribution in [2.45, 2.75) is 11.4 Å². The molecule has 0 spiro atoms. The SMILES string of the molecule is NNc1cc(S(=O)(=O)NCc2cscn2)ccc1[N+](=O)[O-]. The van der Waals surface area contributed by atoms with Gasteiger partial charge in [0.25, 0.3) is 5.69 Å². The summed E-state index contributed by atoms with van der Waals surface area (Å²) >= 11 is 1.35. The molecule has 0 unspecified atom stereocenters. The highest BCUT2D eigenvalue weighted by atomic mass is 32.2. The Balaban J connectivity index is 2.25. The van der Waals surface area contributed by atoms with E-state index in [1.807, 2.05) is 0 Å². The molecule has 1 heterocycles. The highest BCUT2D eigenvalue weighted by Crippen LogP contribution is 2.26. The molecule has 1 aromatic heterocycles. The summed E-state index contributed by atoms with van der Waals surface area (Å²) < 4.78 is 26.6. The van der Waals surface area contributed by atoms with Gasteiger partial charge in [0.05, 0.1) is 27.6 Å². The molecule has 112 valence electrons. The van der Waals surface area contributed by atoms with Gasteiger partial charge < -0.3 is 5.43 Å². The van der Waals surface area contributed by atoms with Gasteiger partial charge in [-0.25, -0.2) is 18.1 Å². The van der Waals surface area contributed by atoms with Gasteiger partial charge in [0.15, 0.2) is 0 Å². The first-order chi connectivity index (χ1) is 9.94. The molecule has 0 aliphatic carbocycles. The average molecular weight is 329 g/mol. The molecule has 0 saturated heterocycles. The van der Waals surface area contributed by atoms with Gasteiger partial charge in [-0.3, -0.25) is 16.0 Å². The fourth-order valence-electron chi connectivity index (χ4n) is 1.53. The summed E-state index contributed by atoms with van der Waals surface area (Å²) in [5, 5.41) is 12.5. The number of hydrazine groups is 1. The zero-order chi connectivity index (χ0) is 15.5. The van der Waals surface area contributed by atoms with Gasteiger partial charge in [0.1, 0.15) is 5.69 Å². The number of hydrogen-bond donors (Lipinski definition) is 3. The van der Waals surface area contributed by atoms with Crippen LogP contribution in [0.25, 0.3) is 0 Å². The lowest BCUT2D eigenvalue weighted by Gasteiger charge is -2.08. The third-order valence-electron chi connectivity index (χ3n) is 2.56. The minimum absolute atomic E-state index is 0.0359. The number of anilines is 1. The van der Waals surface area contributed by atoms with E-state index in [-0.39, 0.29) is 22.8 Å². The van der Waals surface area contributed by atoms with Crippen molar-refractivity contribution in [3.8, 4) is 0 Å². The number of thiazole rings is 1. The molecule has 21 heavy (non-hydrogen) atoms. The maximum atomic E-state index is 12.1. The van der Waals surface area contributed by atoms with Crippen molar-refractivity contribution in [2.75, 3.05) is 5.43 Å². The highest BCUT2D eigenvalue weighted by molar-refractivity contribution is 7.89. The average Bonchev–Trinajstić information content (AvgIpc) is 2.97. The summed E-state index contributed by atoms with van der Waals surface area (Å²) in [6.45, 7) is 0.0359. The molecule has 0 amide bonds. The molecule has 11 heteroatoms. The maximum absolute atomic E-state index is 12.1. The molecule has 0 aliphatic rings. The van der Waals surface area contributed by atoms with E-state index in [1.54, 1.807) is 10.9 Å². The van der Waals surface area contributed by atoms with Crippen LogP contribution in [0, 0.1) is 10.1 Å². The Hall–Kier alpha value is -2.08. The van der Waals surface area contributed by atoms with Crippen molar-refractivity contribution in [3.63, 3.8) is 0 Å². The summed E-state index contributed by atoms with van der Waals surface area (Å²) in [5.41, 5.74) is 3.89. The number of hydrogen-bond acceptors (Lipinski definition) is 8. The Bertz CT molecular complexity index is 745. The normalized spacial score (nSPS) is 11.3. The maximum Gasteiger partial charge on any atom is 0.293 e. The number of nitrogens with two attached hydrogens (primary N) is 1. The minimum Gasteiger partial charge on any atom is -0.318 e. The molecular weight excluding hydrogens is 318 g/mol. The van der Waals surface area contributed by atoms with Gasteiger partial charge in [-0.15, -0.1) is 11.3 Å². The predicted molar refractivity (Wildman–Crippen MR) is 77.0 cm³/mol. The number of nitrogen functional groups attached to an aromatic ring is 1. The van der Waals surface area contributed by atoms with Crippen LogP contribution in [0.3, 0.4) is 0 Å². The largest absolute Gasteiger partial charge is 0.318 e. The molecule has 2 rings (SSSR count). The van der Waals surface area contributed by atoms with E-state index in [0.29, 0.717) is 5.69 Å². The smallest absolute Gasteiger partial charge is 0.293 e. The lowest BCUT2D eigenvalue weighted by molar-refractivity contribution is -0.384. The Labute approximate surface area is 124 Å². The van der Waals surface area contributed by atoms with E-state index in [2.05, 4.69) is 15.1 Å². The van der Waals surface area contributed by atoms with Crippen molar-refractivity contribution >= 4 is 32.7 Å². The fraction of sp³-hybridized carbons (Fsp3) is 0.100. The van der Waals surface area contributed by atoms with Gasteiger partial charge in [-0.05, 0) is 12.1 Å². The number of nitro groups is 1. The van der Waals surface area contributed by atoms with E-state index < -0.39 is 14.9 Å². The summed E-state index contributed by atoms with van der Waals surface area (Å²) in [7, 11) is -3.81. The van der Waals surface area contributed by atoms with Gasteiger partial charge in [0, 0.05) is 11.4 Å². The van der Waals surface area contributed by atoms with E-state index in [4.69, 9.17) is 5.84 Å². The van der Waals surface area contributed by atoms with E-state index in [1.165, 1.54) is 11.3 Å². The second-order valence-electron chi connectivity index (χ2n) is 3.88. The van der Waals surface area contributed by atoms with Crippen LogP contribution in [0.1, 0.15) is 5.69 Å². The van der Waals surface area contributed by atoms with Crippen molar-refractivity contribution in [3.05, 3.63) is 44.9 Å². The Morgan fingerprint density at radius 2 is 2.19 bits per heavy atom. The summed E-state index contributed by atoms with van der Waals surface area (Å²) in [4.78, 5) is 13.9. The zero-order valence-corrected chi connectivity index (χ0v) is 12.1. The number of aromatic nitrogens is 1. The molecule has 0 saturated carbocycles. The zero-order valence-electron chi connectivity index (χ0n) is 10.5. The standard InChI is InChI=1S/C10H11N5O4S2/c11-14-9-3-8(1-2-10(9)15(16)17)21(18,19)13-4-7-5-20-6-12-7/h1-3,5-6,13-14H,4,11H2. The first kappa shape index (κ1) is 15.3. The van der Waals surface area contributed by atoms with E-state index in [0.717, 1.165) is 18.2 Å². The van der Waals surface area contributed by atoms with Gasteiger partial charge >= 0.3 is 0 Å². The van der Waals surface area contributed by atoms with Crippen LogP contribution in [0.15, 0.2) is 34.0 Å². The topological polar surface area (TPSA) is 140 Å². The first-order valence-electron chi connectivity index (χ1n) is 5.56. The molecule has 0 bridgehead atoms. The van der Waals surface area contributed by atoms with Crippen molar-refractivity contribution in [1.29, 1.82) is 0 Å². The monoisotopic (exact) mass is 329 g/mol. The number of sulfonamides is 1. The van der Waals surface area contributed by atoms with Crippen LogP contribution in [-0.4, -0.2) is 18.3 Å². The lowest BCUT2D eigenvalue weighted by Crippen LogP contribution is -2.23. The molecule has 9 nitrogen and oxygen atoms in total. The number of nitrogens with one attached hydrogen (secondary N) is 2. The number of nitrogens with zero attached hydrogens (tertiary/aromatic N) is 2. The van der Waals surface area contributed by atoms with Gasteiger partial charge in [-0.2, -0.15) is 0 Å². The summed E-state index contributed by atoms with van der Waals surface area (Å²) in [6.07, 6.45) is 0. The first-order valence-corrected chi connectivity index (χ1v) is 7.98. The quantitative estimate of drug-likeness (QED) is 0.404.